The zero-order valence-corrected chi connectivity index (χ0v) is 31.2. The molecule has 0 aliphatic heterocycles. The van der Waals surface area contributed by atoms with E-state index in [2.05, 4.69) is 22.1 Å². The Morgan fingerprint density at radius 3 is 2.19 bits per heavy atom. The molecule has 0 spiro atoms. The largest absolute Gasteiger partial charge is 0.501 e. The molecule has 0 fully saturated rings. The van der Waals surface area contributed by atoms with Gasteiger partial charge in [-0.2, -0.15) is 0 Å². The Hall–Kier alpha value is -5.15. The molecule has 261 valence electrons. The number of hydrogen-bond donors (Lipinski definition) is 0. The molecule has 3 aromatic heterocycles. The molecule has 4 heteroatoms. The van der Waals surface area contributed by atoms with Crippen molar-refractivity contribution >= 4 is 21.9 Å². The summed E-state index contributed by atoms with van der Waals surface area (Å²) >= 11 is 0. The SMILES string of the molecule is [2H]C([2H])([2H])c1c[c-]c(-c2ccc(C([2H])([2H])C(C)(C)C)cn2)cc1-c1ccccc1.[2H]C([2H])([2H])c1ccccc1-c1cc(-c2[c-]ccc3c2oc2ccccc23)ncc1C([2H])([2H])[2H].[Ir]. The van der Waals surface area contributed by atoms with Crippen molar-refractivity contribution in [3.8, 4) is 44.8 Å². The van der Waals surface area contributed by atoms with E-state index in [0.29, 0.717) is 50.4 Å². The number of aryl methyl sites for hydroxylation is 3. The van der Waals surface area contributed by atoms with Crippen molar-refractivity contribution in [2.75, 3.05) is 0 Å². The maximum atomic E-state index is 8.39. The van der Waals surface area contributed by atoms with Crippen LogP contribution in [0, 0.1) is 38.1 Å². The van der Waals surface area contributed by atoms with Gasteiger partial charge in [0.15, 0.2) is 0 Å². The summed E-state index contributed by atoms with van der Waals surface area (Å²) in [6.45, 7) is -1.56. The van der Waals surface area contributed by atoms with Crippen LogP contribution in [-0.4, -0.2) is 9.97 Å². The Labute approximate surface area is 336 Å². The number of para-hydroxylation sites is 1. The predicted octanol–water partition coefficient (Wildman–Crippen LogP) is 12.8. The van der Waals surface area contributed by atoms with Gasteiger partial charge in [-0.1, -0.05) is 135 Å². The number of fused-ring (bicyclic) bond motifs is 3. The molecular weight excluding hydrogens is 813 g/mol. The van der Waals surface area contributed by atoms with Gasteiger partial charge in [0.25, 0.3) is 0 Å². The third-order valence-corrected chi connectivity index (χ3v) is 8.31. The van der Waals surface area contributed by atoms with Gasteiger partial charge in [-0.15, -0.1) is 47.5 Å². The van der Waals surface area contributed by atoms with Gasteiger partial charge < -0.3 is 14.4 Å². The summed E-state index contributed by atoms with van der Waals surface area (Å²) in [5.74, 6) is 0. The smallest absolute Gasteiger partial charge is 0.120 e. The van der Waals surface area contributed by atoms with Crippen molar-refractivity contribution in [1.29, 1.82) is 0 Å². The number of rotatable bonds is 5. The second kappa shape index (κ2) is 15.6. The molecule has 0 saturated heterocycles. The van der Waals surface area contributed by atoms with Gasteiger partial charge in [0.05, 0.1) is 5.58 Å². The van der Waals surface area contributed by atoms with E-state index in [9.17, 15) is 0 Å². The van der Waals surface area contributed by atoms with E-state index < -0.39 is 32.3 Å². The fourth-order valence-electron chi connectivity index (χ4n) is 5.97. The van der Waals surface area contributed by atoms with Gasteiger partial charge >= 0.3 is 0 Å². The Bertz CT molecular complexity index is 2880. The van der Waals surface area contributed by atoms with Crippen LogP contribution in [0.15, 0.2) is 138 Å². The summed E-state index contributed by atoms with van der Waals surface area (Å²) in [6, 6.07) is 41.8. The first-order valence-electron chi connectivity index (χ1n) is 22.1. The number of benzene rings is 5. The molecule has 0 amide bonds. The molecule has 0 bridgehead atoms. The van der Waals surface area contributed by atoms with E-state index in [4.69, 9.17) is 19.5 Å². The van der Waals surface area contributed by atoms with Crippen LogP contribution in [0.4, 0.5) is 0 Å². The van der Waals surface area contributed by atoms with Crippen LogP contribution in [0.3, 0.4) is 0 Å². The number of aromatic nitrogens is 2. The molecule has 1 radical (unpaired) electrons. The van der Waals surface area contributed by atoms with Crippen molar-refractivity contribution in [1.82, 2.24) is 9.97 Å². The molecule has 0 N–H and O–H groups in total. The first-order valence-corrected chi connectivity index (χ1v) is 16.6. The first kappa shape index (κ1) is 24.9. The van der Waals surface area contributed by atoms with Crippen molar-refractivity contribution in [3.63, 3.8) is 0 Å². The van der Waals surface area contributed by atoms with E-state index in [1.54, 1.807) is 54.7 Å². The van der Waals surface area contributed by atoms with Crippen molar-refractivity contribution < 1.29 is 39.6 Å². The third-order valence-electron chi connectivity index (χ3n) is 8.31. The van der Waals surface area contributed by atoms with Gasteiger partial charge in [0.2, 0.25) is 0 Å². The summed E-state index contributed by atoms with van der Waals surface area (Å²) in [4.78, 5) is 8.87. The van der Waals surface area contributed by atoms with Gasteiger partial charge in [-0.25, -0.2) is 0 Å². The quantitative estimate of drug-likeness (QED) is 0.162. The van der Waals surface area contributed by atoms with Gasteiger partial charge in [-0.05, 0) is 76.3 Å². The fraction of sp³-hybridized carbons (Fsp3) is 0.167. The van der Waals surface area contributed by atoms with Crippen molar-refractivity contribution in [2.24, 2.45) is 5.41 Å². The molecule has 8 aromatic rings. The minimum atomic E-state index is -2.47. The molecule has 3 nitrogen and oxygen atoms in total. The summed E-state index contributed by atoms with van der Waals surface area (Å²) in [6.07, 6.45) is 1.32. The third kappa shape index (κ3) is 8.00. The summed E-state index contributed by atoms with van der Waals surface area (Å²) in [7, 11) is 0. The summed E-state index contributed by atoms with van der Waals surface area (Å²) in [5, 5.41) is 1.85. The molecular formula is C48H42IrN2O-2. The van der Waals surface area contributed by atoms with Crippen molar-refractivity contribution in [2.45, 2.75) is 47.7 Å². The van der Waals surface area contributed by atoms with Crippen LogP contribution in [0.25, 0.3) is 66.7 Å². The molecule has 0 aliphatic rings. The molecule has 3 heterocycles. The molecule has 0 atom stereocenters. The van der Waals surface area contributed by atoms with E-state index in [1.165, 1.54) is 18.3 Å². The van der Waals surface area contributed by atoms with Gasteiger partial charge in [-0.3, -0.25) is 0 Å². The minimum absolute atomic E-state index is 0. The minimum Gasteiger partial charge on any atom is -0.501 e. The van der Waals surface area contributed by atoms with Crippen LogP contribution in [0.5, 0.6) is 0 Å². The zero-order valence-electron chi connectivity index (χ0n) is 39.8. The normalized spacial score (nSPS) is 15.3. The summed E-state index contributed by atoms with van der Waals surface area (Å²) in [5.41, 5.74) is 5.95. The number of pyridine rings is 2. The van der Waals surface area contributed by atoms with Crippen LogP contribution >= 0.6 is 0 Å². The maximum absolute atomic E-state index is 8.39. The van der Waals surface area contributed by atoms with E-state index in [1.807, 2.05) is 81.4 Å². The molecule has 0 unspecified atom stereocenters. The average Bonchev–Trinajstić information content (AvgIpc) is 3.62. The molecule has 52 heavy (non-hydrogen) atoms. The standard InChI is InChI=1S/C25H18NO.C23H24N.Ir/c1-16-8-3-4-9-18(16)22-14-23(26-15-17(22)2)21-12-7-11-20-19-10-5-6-13-24(19)27-25(20)21;1-17-10-12-20(14-21(17)19-8-6-5-7-9-19)22-13-11-18(16-24-22)15-23(2,3)4;/h3-11,13-15H,1-2H3;5-11,13-14,16H,15H2,1-4H3;/q2*-1;/i1D3,2D3;1D3,15D2;. The molecule has 8 rings (SSSR count). The average molecular weight is 866 g/mol. The second-order valence-electron chi connectivity index (χ2n) is 13.2. The van der Waals surface area contributed by atoms with E-state index in [0.717, 1.165) is 21.9 Å². The number of hydrogen-bond acceptors (Lipinski definition) is 3. The second-order valence-corrected chi connectivity index (χ2v) is 13.2. The molecule has 0 aliphatic carbocycles. The Balaban J connectivity index is 0.000000208. The number of nitrogens with zero attached hydrogens (tertiary/aromatic N) is 2. The van der Waals surface area contributed by atoms with Crippen molar-refractivity contribution in [3.05, 3.63) is 168 Å². The van der Waals surface area contributed by atoms with E-state index >= 15 is 0 Å². The Morgan fingerprint density at radius 1 is 0.673 bits per heavy atom. The van der Waals surface area contributed by atoms with Crippen LogP contribution < -0.4 is 0 Å². The summed E-state index contributed by atoms with van der Waals surface area (Å²) < 4.78 is 94.2. The molecule has 5 aromatic carbocycles. The monoisotopic (exact) mass is 866 g/mol. The van der Waals surface area contributed by atoms with Crippen LogP contribution in [0.1, 0.15) is 58.1 Å². The van der Waals surface area contributed by atoms with Crippen LogP contribution in [-0.2, 0) is 26.5 Å². The maximum Gasteiger partial charge on any atom is 0.120 e. The van der Waals surface area contributed by atoms with Crippen LogP contribution in [0.2, 0.25) is 0 Å². The Kier molecular flexibility index (Phi) is 7.49. The first-order chi connectivity index (χ1) is 29.1. The fourth-order valence-corrected chi connectivity index (χ4v) is 5.97. The van der Waals surface area contributed by atoms with Gasteiger partial charge in [0, 0.05) is 53.0 Å². The Morgan fingerprint density at radius 2 is 1.42 bits per heavy atom. The van der Waals surface area contributed by atoms with Gasteiger partial charge in [0.1, 0.15) is 5.58 Å². The topological polar surface area (TPSA) is 38.9 Å². The predicted molar refractivity (Wildman–Crippen MR) is 213 cm³/mol. The number of furan rings is 1. The zero-order chi connectivity index (χ0) is 44.8. The molecule has 0 saturated carbocycles. The van der Waals surface area contributed by atoms with E-state index in [-0.39, 0.29) is 36.8 Å².